The average molecular weight is 520 g/mol. The maximum absolute atomic E-state index is 13.6. The molecular formula is C23H21IO6. The van der Waals surface area contributed by atoms with E-state index in [1.54, 1.807) is 20.3 Å². The van der Waals surface area contributed by atoms with Crippen LogP contribution in [-0.4, -0.2) is 38.8 Å². The smallest absolute Gasteiger partial charge is 0.178 e. The topological polar surface area (TPSA) is 63.2 Å². The Kier molecular flexibility index (Phi) is 4.80. The monoisotopic (exact) mass is 520 g/mol. The van der Waals surface area contributed by atoms with Crippen molar-refractivity contribution in [3.05, 3.63) is 50.6 Å². The summed E-state index contributed by atoms with van der Waals surface area (Å²) < 4.78 is 31.2. The Morgan fingerprint density at radius 1 is 1.13 bits per heavy atom. The number of carbonyl (C=O) groups is 1. The lowest BCUT2D eigenvalue weighted by Crippen LogP contribution is -2.43. The van der Waals surface area contributed by atoms with Gasteiger partial charge in [0.05, 0.1) is 25.7 Å². The molecule has 156 valence electrons. The van der Waals surface area contributed by atoms with Crippen molar-refractivity contribution in [1.29, 1.82) is 0 Å². The summed E-state index contributed by atoms with van der Waals surface area (Å²) in [5.41, 5.74) is 3.47. The minimum atomic E-state index is -0.451. The Labute approximate surface area is 188 Å². The maximum atomic E-state index is 13.6. The number of Topliss-reactive ketones (excluding diaryl/α,β-unsaturated/α-hetero) is 1. The van der Waals surface area contributed by atoms with Crippen LogP contribution in [0.2, 0.25) is 0 Å². The van der Waals surface area contributed by atoms with Gasteiger partial charge in [0.25, 0.3) is 0 Å². The van der Waals surface area contributed by atoms with Gasteiger partial charge in [0.1, 0.15) is 36.1 Å². The Morgan fingerprint density at radius 3 is 2.63 bits per heavy atom. The molecule has 6 nitrogen and oxygen atoms in total. The first-order valence-corrected chi connectivity index (χ1v) is 11.0. The van der Waals surface area contributed by atoms with Gasteiger partial charge in [-0.1, -0.05) is 22.6 Å². The Hall–Kier alpha value is -2.42. The zero-order valence-electron chi connectivity index (χ0n) is 16.9. The third kappa shape index (κ3) is 2.85. The highest BCUT2D eigenvalue weighted by atomic mass is 127. The van der Waals surface area contributed by atoms with E-state index in [4.69, 9.17) is 23.7 Å². The van der Waals surface area contributed by atoms with Crippen molar-refractivity contribution in [1.82, 2.24) is 0 Å². The van der Waals surface area contributed by atoms with Crippen molar-refractivity contribution in [2.75, 3.05) is 20.8 Å². The molecule has 0 radical (unpaired) electrons. The molecule has 0 saturated heterocycles. The van der Waals surface area contributed by atoms with Crippen LogP contribution in [0.1, 0.15) is 34.3 Å². The number of halogens is 1. The van der Waals surface area contributed by atoms with Crippen LogP contribution >= 0.6 is 22.6 Å². The predicted molar refractivity (Wildman–Crippen MR) is 119 cm³/mol. The van der Waals surface area contributed by atoms with E-state index in [0.29, 0.717) is 41.6 Å². The van der Waals surface area contributed by atoms with E-state index in [1.807, 2.05) is 29.2 Å². The third-order valence-electron chi connectivity index (χ3n) is 6.00. The van der Waals surface area contributed by atoms with E-state index in [2.05, 4.69) is 22.6 Å². The fourth-order valence-corrected chi connectivity index (χ4v) is 4.79. The zero-order chi connectivity index (χ0) is 21.0. The lowest BCUT2D eigenvalue weighted by molar-refractivity contribution is 0.0554. The Balaban J connectivity index is 1.56. The van der Waals surface area contributed by atoms with Crippen LogP contribution in [0, 0.1) is 0 Å². The van der Waals surface area contributed by atoms with E-state index in [9.17, 15) is 4.79 Å². The molecular weight excluding hydrogens is 499 g/mol. The van der Waals surface area contributed by atoms with E-state index in [0.717, 1.165) is 22.4 Å². The minimum absolute atomic E-state index is 0.0279. The molecule has 5 rings (SSSR count). The highest BCUT2D eigenvalue weighted by Crippen LogP contribution is 2.49. The van der Waals surface area contributed by atoms with Crippen LogP contribution in [-0.2, 0) is 6.42 Å². The molecule has 3 heterocycles. The van der Waals surface area contributed by atoms with E-state index in [-0.39, 0.29) is 11.9 Å². The van der Waals surface area contributed by atoms with Crippen molar-refractivity contribution in [3.63, 3.8) is 0 Å². The molecule has 0 aliphatic carbocycles. The van der Waals surface area contributed by atoms with Gasteiger partial charge in [0, 0.05) is 23.6 Å². The summed E-state index contributed by atoms with van der Waals surface area (Å²) in [5.74, 6) is 2.76. The second-order valence-corrected chi connectivity index (χ2v) is 8.26. The number of ether oxygens (including phenoxy) is 5. The number of methoxy groups -OCH3 is 2. The summed E-state index contributed by atoms with van der Waals surface area (Å²) in [6.07, 6.45) is 0.263. The number of hydrogen-bond acceptors (Lipinski definition) is 6. The standard InChI is InChI=1S/C23H21IO6/c1-11(9-24)16-7-14-15(29-16)5-4-12-22(25)21-13-6-18(26-2)19(27-3)8-17(13)28-10-20(21)30-23(12)14/h4-6,8-9,16,20-21H,7,10H2,1-3H3/b11-9-/t16-,20-,21+/m1/s1. The fraction of sp³-hybridized carbons (Fsp3) is 0.348. The number of benzene rings is 2. The molecule has 0 unspecified atom stereocenters. The summed E-state index contributed by atoms with van der Waals surface area (Å²) in [6.45, 7) is 2.34. The molecule has 0 saturated carbocycles. The van der Waals surface area contributed by atoms with Gasteiger partial charge in [-0.25, -0.2) is 0 Å². The van der Waals surface area contributed by atoms with Crippen molar-refractivity contribution < 1.29 is 28.5 Å². The number of carbonyl (C=O) groups excluding carboxylic acids is 1. The molecule has 3 aliphatic rings. The van der Waals surface area contributed by atoms with E-state index >= 15 is 0 Å². The number of fused-ring (bicyclic) bond motifs is 6. The summed E-state index contributed by atoms with van der Waals surface area (Å²) in [5, 5.41) is 0. The molecule has 0 N–H and O–H groups in total. The predicted octanol–water partition coefficient (Wildman–Crippen LogP) is 4.47. The van der Waals surface area contributed by atoms with Gasteiger partial charge in [-0.3, -0.25) is 4.79 Å². The first-order chi connectivity index (χ1) is 14.5. The zero-order valence-corrected chi connectivity index (χ0v) is 19.0. The van der Waals surface area contributed by atoms with Gasteiger partial charge in [0.15, 0.2) is 17.3 Å². The lowest BCUT2D eigenvalue weighted by Gasteiger charge is -2.37. The van der Waals surface area contributed by atoms with Crippen molar-refractivity contribution in [3.8, 4) is 28.7 Å². The summed E-state index contributed by atoms with van der Waals surface area (Å²) in [4.78, 5) is 13.6. The largest absolute Gasteiger partial charge is 0.493 e. The molecule has 2 aromatic rings. The molecule has 0 amide bonds. The summed E-state index contributed by atoms with van der Waals surface area (Å²) in [6, 6.07) is 7.28. The second kappa shape index (κ2) is 7.37. The molecule has 0 bridgehead atoms. The quantitative estimate of drug-likeness (QED) is 0.557. The number of hydrogen-bond donors (Lipinski definition) is 0. The molecule has 0 spiro atoms. The van der Waals surface area contributed by atoms with E-state index < -0.39 is 12.0 Å². The number of rotatable bonds is 3. The molecule has 0 aromatic heterocycles. The first-order valence-electron chi connectivity index (χ1n) is 9.74. The first kappa shape index (κ1) is 19.5. The van der Waals surface area contributed by atoms with Gasteiger partial charge in [-0.15, -0.1) is 0 Å². The summed E-state index contributed by atoms with van der Waals surface area (Å²) >= 11 is 2.22. The summed E-state index contributed by atoms with van der Waals surface area (Å²) in [7, 11) is 3.15. The van der Waals surface area contributed by atoms with Gasteiger partial charge in [-0.05, 0) is 34.8 Å². The number of ketones is 1. The van der Waals surface area contributed by atoms with Crippen LogP contribution in [0.5, 0.6) is 28.7 Å². The molecule has 0 fully saturated rings. The van der Waals surface area contributed by atoms with Crippen molar-refractivity contribution in [2.45, 2.75) is 31.5 Å². The van der Waals surface area contributed by atoms with Crippen LogP contribution in [0.3, 0.4) is 0 Å². The Bertz CT molecular complexity index is 1080. The fourth-order valence-electron chi connectivity index (χ4n) is 4.39. The van der Waals surface area contributed by atoms with Gasteiger partial charge >= 0.3 is 0 Å². The molecule has 2 aromatic carbocycles. The molecule has 30 heavy (non-hydrogen) atoms. The minimum Gasteiger partial charge on any atom is -0.493 e. The molecule has 3 aliphatic heterocycles. The van der Waals surface area contributed by atoms with Gasteiger partial charge in [-0.2, -0.15) is 0 Å². The third-order valence-corrected chi connectivity index (χ3v) is 6.98. The van der Waals surface area contributed by atoms with Gasteiger partial charge in [0.2, 0.25) is 0 Å². The van der Waals surface area contributed by atoms with Crippen LogP contribution in [0.25, 0.3) is 0 Å². The van der Waals surface area contributed by atoms with Crippen LogP contribution in [0.15, 0.2) is 33.9 Å². The molecule has 7 heteroatoms. The second-order valence-electron chi connectivity index (χ2n) is 7.64. The van der Waals surface area contributed by atoms with Crippen molar-refractivity contribution >= 4 is 28.4 Å². The SMILES string of the molecule is COc1cc2c(cc1OC)[C@@H]1C(=O)c3ccc4c(c3O[C@@H]1CO2)C[C@H](/C(C)=C\I)O4. The van der Waals surface area contributed by atoms with E-state index in [1.165, 1.54) is 0 Å². The lowest BCUT2D eigenvalue weighted by atomic mass is 9.81. The average Bonchev–Trinajstić information content (AvgIpc) is 3.22. The normalized spacial score (nSPS) is 23.8. The molecule has 3 atom stereocenters. The van der Waals surface area contributed by atoms with Crippen LogP contribution < -0.4 is 23.7 Å². The maximum Gasteiger partial charge on any atom is 0.178 e. The highest BCUT2D eigenvalue weighted by molar-refractivity contribution is 14.1. The van der Waals surface area contributed by atoms with Crippen LogP contribution in [0.4, 0.5) is 0 Å². The Morgan fingerprint density at radius 2 is 1.90 bits per heavy atom. The van der Waals surface area contributed by atoms with Gasteiger partial charge < -0.3 is 23.7 Å². The highest BCUT2D eigenvalue weighted by Gasteiger charge is 2.45. The van der Waals surface area contributed by atoms with Crippen molar-refractivity contribution in [2.24, 2.45) is 0 Å².